The lowest BCUT2D eigenvalue weighted by molar-refractivity contribution is 0.691. The molecule has 0 spiro atoms. The van der Waals surface area contributed by atoms with E-state index in [4.69, 9.17) is 33.9 Å². The third-order valence-corrected chi connectivity index (χ3v) is 2.97. The minimum atomic E-state index is -1.52. The van der Waals surface area contributed by atoms with Gasteiger partial charge in [0.1, 0.15) is 10.0 Å². The third kappa shape index (κ3) is 2.34. The Labute approximate surface area is 81.2 Å². The van der Waals surface area contributed by atoms with Crippen LogP contribution in [-0.4, -0.2) is 4.21 Å². The van der Waals surface area contributed by atoms with Crippen LogP contribution in [0.1, 0.15) is 0 Å². The van der Waals surface area contributed by atoms with Crippen molar-refractivity contribution in [3.63, 3.8) is 0 Å². The van der Waals surface area contributed by atoms with E-state index in [0.717, 1.165) is 0 Å². The van der Waals surface area contributed by atoms with E-state index in [1.807, 2.05) is 0 Å². The van der Waals surface area contributed by atoms with Crippen LogP contribution < -0.4 is 0 Å². The van der Waals surface area contributed by atoms with Crippen LogP contribution in [0.5, 0.6) is 0 Å². The summed E-state index contributed by atoms with van der Waals surface area (Å²) in [4.78, 5) is 0.459. The van der Waals surface area contributed by atoms with Crippen molar-refractivity contribution >= 4 is 43.9 Å². The Morgan fingerprint density at radius 2 is 1.82 bits per heavy atom. The van der Waals surface area contributed by atoms with Crippen LogP contribution in [0.25, 0.3) is 0 Å². The summed E-state index contributed by atoms with van der Waals surface area (Å²) in [7, 11) is 3.78. The Kier molecular flexibility index (Phi) is 3.19. The minimum absolute atomic E-state index is 0.359. The lowest BCUT2D eigenvalue weighted by Crippen LogP contribution is -1.80. The molecule has 0 aliphatic rings. The maximum Gasteiger partial charge on any atom is 0.147 e. The number of rotatable bonds is 1. The van der Waals surface area contributed by atoms with Crippen molar-refractivity contribution < 1.29 is 4.21 Å². The monoisotopic (exact) mass is 228 g/mol. The summed E-state index contributed by atoms with van der Waals surface area (Å²) < 4.78 is 10.7. The lowest BCUT2D eigenvalue weighted by atomic mass is 10.4. The Morgan fingerprint density at radius 3 is 2.27 bits per heavy atom. The number of halogens is 3. The Balaban J connectivity index is 3.15. The highest BCUT2D eigenvalue weighted by molar-refractivity contribution is 8.08. The van der Waals surface area contributed by atoms with Gasteiger partial charge >= 0.3 is 0 Å². The van der Waals surface area contributed by atoms with Gasteiger partial charge in [-0.1, -0.05) is 23.2 Å². The van der Waals surface area contributed by atoms with Crippen molar-refractivity contribution in [3.8, 4) is 0 Å². The third-order valence-electron chi connectivity index (χ3n) is 1.08. The van der Waals surface area contributed by atoms with E-state index in [1.165, 1.54) is 6.07 Å². The first kappa shape index (κ1) is 9.33. The minimum Gasteiger partial charge on any atom is -0.237 e. The van der Waals surface area contributed by atoms with E-state index in [-0.39, 0.29) is 0 Å². The molecule has 0 bridgehead atoms. The number of benzene rings is 1. The molecule has 0 fully saturated rings. The molecule has 0 aromatic heterocycles. The summed E-state index contributed by atoms with van der Waals surface area (Å²) >= 11 is 11.2. The predicted octanol–water partition coefficient (Wildman–Crippen LogP) is 3.25. The van der Waals surface area contributed by atoms with E-state index < -0.39 is 10.0 Å². The van der Waals surface area contributed by atoms with E-state index >= 15 is 0 Å². The second kappa shape index (κ2) is 3.76. The average Bonchev–Trinajstić information content (AvgIpc) is 1.94. The topological polar surface area (TPSA) is 17.1 Å². The summed E-state index contributed by atoms with van der Waals surface area (Å²) in [5.74, 6) is 0. The Morgan fingerprint density at radius 1 is 1.18 bits per heavy atom. The zero-order valence-electron chi connectivity index (χ0n) is 5.18. The van der Waals surface area contributed by atoms with E-state index in [0.29, 0.717) is 14.9 Å². The Hall–Kier alpha value is 0.240. The van der Waals surface area contributed by atoms with Gasteiger partial charge in [0.25, 0.3) is 0 Å². The molecule has 0 amide bonds. The normalized spacial score (nSPS) is 13.0. The predicted molar refractivity (Wildman–Crippen MR) is 48.7 cm³/mol. The standard InChI is InChI=1S/C6H3Cl3OS/c7-5-2-1-4(11(9)10)3-6(5)8/h1-3H. The molecular weight excluding hydrogens is 226 g/mol. The van der Waals surface area contributed by atoms with E-state index in [1.54, 1.807) is 12.1 Å². The fourth-order valence-electron chi connectivity index (χ4n) is 0.577. The van der Waals surface area contributed by atoms with Gasteiger partial charge in [0.05, 0.1) is 14.9 Å². The molecule has 0 N–H and O–H groups in total. The molecule has 1 atom stereocenters. The van der Waals surface area contributed by atoms with Crippen LogP contribution in [0, 0.1) is 0 Å². The summed E-state index contributed by atoms with van der Waals surface area (Å²) in [6, 6.07) is 4.60. The molecule has 5 heteroatoms. The maximum absolute atomic E-state index is 10.7. The molecule has 60 valence electrons. The quantitative estimate of drug-likeness (QED) is 0.676. The molecular formula is C6H3Cl3OS. The van der Waals surface area contributed by atoms with Crippen molar-refractivity contribution in [1.82, 2.24) is 0 Å². The van der Waals surface area contributed by atoms with Gasteiger partial charge in [0, 0.05) is 0 Å². The summed E-state index contributed by atoms with van der Waals surface area (Å²) in [6.07, 6.45) is 0. The van der Waals surface area contributed by atoms with E-state index in [9.17, 15) is 4.21 Å². The van der Waals surface area contributed by atoms with Gasteiger partial charge in [-0.05, 0) is 28.9 Å². The van der Waals surface area contributed by atoms with Crippen LogP contribution in [0.4, 0.5) is 0 Å². The van der Waals surface area contributed by atoms with Gasteiger partial charge in [-0.2, -0.15) is 0 Å². The second-order valence-electron chi connectivity index (χ2n) is 1.80. The van der Waals surface area contributed by atoms with Crippen molar-refractivity contribution in [2.45, 2.75) is 4.90 Å². The fourth-order valence-corrected chi connectivity index (χ4v) is 1.61. The Bertz CT molecular complexity index is 300. The van der Waals surface area contributed by atoms with Crippen molar-refractivity contribution in [1.29, 1.82) is 0 Å². The van der Waals surface area contributed by atoms with Crippen LogP contribution in [-0.2, 0) is 10.0 Å². The fraction of sp³-hybridized carbons (Fsp3) is 0. The molecule has 11 heavy (non-hydrogen) atoms. The first-order valence-electron chi connectivity index (χ1n) is 2.64. The zero-order chi connectivity index (χ0) is 8.43. The highest BCUT2D eigenvalue weighted by Gasteiger charge is 2.02. The number of hydrogen-bond donors (Lipinski definition) is 0. The largest absolute Gasteiger partial charge is 0.237 e. The molecule has 0 heterocycles. The molecule has 1 nitrogen and oxygen atoms in total. The first-order chi connectivity index (χ1) is 5.11. The van der Waals surface area contributed by atoms with E-state index in [2.05, 4.69) is 0 Å². The highest BCUT2D eigenvalue weighted by atomic mass is 35.7. The summed E-state index contributed by atoms with van der Waals surface area (Å²) in [5, 5.41) is 0.788. The molecule has 1 unspecified atom stereocenters. The summed E-state index contributed by atoms with van der Waals surface area (Å²) in [6.45, 7) is 0. The molecule has 0 radical (unpaired) electrons. The van der Waals surface area contributed by atoms with Crippen molar-refractivity contribution in [3.05, 3.63) is 28.2 Å². The van der Waals surface area contributed by atoms with Crippen LogP contribution >= 0.6 is 33.9 Å². The molecule has 0 saturated heterocycles. The van der Waals surface area contributed by atoms with Gasteiger partial charge in [-0.3, -0.25) is 0 Å². The highest BCUT2D eigenvalue weighted by Crippen LogP contribution is 2.24. The van der Waals surface area contributed by atoms with Crippen LogP contribution in [0.15, 0.2) is 23.1 Å². The van der Waals surface area contributed by atoms with Crippen molar-refractivity contribution in [2.24, 2.45) is 0 Å². The lowest BCUT2D eigenvalue weighted by Gasteiger charge is -1.96. The van der Waals surface area contributed by atoms with Gasteiger partial charge in [-0.25, -0.2) is 4.21 Å². The number of hydrogen-bond acceptors (Lipinski definition) is 1. The van der Waals surface area contributed by atoms with Gasteiger partial charge in [-0.15, -0.1) is 0 Å². The van der Waals surface area contributed by atoms with Crippen LogP contribution in [0.3, 0.4) is 0 Å². The molecule has 0 aliphatic heterocycles. The molecule has 1 rings (SSSR count). The molecule has 1 aromatic carbocycles. The van der Waals surface area contributed by atoms with Crippen molar-refractivity contribution in [2.75, 3.05) is 0 Å². The van der Waals surface area contributed by atoms with Gasteiger partial charge in [0.2, 0.25) is 0 Å². The zero-order valence-corrected chi connectivity index (χ0v) is 8.27. The smallest absolute Gasteiger partial charge is 0.147 e. The second-order valence-corrected chi connectivity index (χ2v) is 4.37. The van der Waals surface area contributed by atoms with Gasteiger partial charge in [0.15, 0.2) is 0 Å². The molecule has 0 aliphatic carbocycles. The average molecular weight is 230 g/mol. The first-order valence-corrected chi connectivity index (χ1v) is 5.37. The molecule has 0 saturated carbocycles. The summed E-state index contributed by atoms with van der Waals surface area (Å²) in [5.41, 5.74) is 0. The van der Waals surface area contributed by atoms with Crippen LogP contribution in [0.2, 0.25) is 10.0 Å². The maximum atomic E-state index is 10.7. The molecule has 1 aromatic rings. The van der Waals surface area contributed by atoms with Gasteiger partial charge < -0.3 is 0 Å². The SMILES string of the molecule is O=S(Cl)c1ccc(Cl)c(Cl)c1.